The second-order valence-electron chi connectivity index (χ2n) is 9.34. The first-order chi connectivity index (χ1) is 15.1. The molecule has 8 nitrogen and oxygen atoms in total. The van der Waals surface area contributed by atoms with Crippen molar-refractivity contribution in [1.82, 2.24) is 19.6 Å². The number of thiophene rings is 1. The number of carbonyl (C=O) groups is 2. The summed E-state index contributed by atoms with van der Waals surface area (Å²) in [5.74, 6) is 0.719. The van der Waals surface area contributed by atoms with E-state index in [1.165, 1.54) is 16.0 Å². The number of rotatable bonds is 3. The van der Waals surface area contributed by atoms with Crippen LogP contribution in [0.5, 0.6) is 0 Å². The molecule has 2 aromatic rings. The molecule has 0 N–H and O–H groups in total. The SMILES string of the molecule is CN(c1ccc(Cl)s1)c1cc(C2CCN(C(=O)N3CCOCC3)C2)nn1C(=O)C(C)(C)C. The van der Waals surface area contributed by atoms with E-state index >= 15 is 0 Å². The molecule has 1 atom stereocenters. The molecule has 2 fully saturated rings. The zero-order valence-electron chi connectivity index (χ0n) is 19.0. The van der Waals surface area contributed by atoms with Crippen molar-refractivity contribution in [3.63, 3.8) is 0 Å². The monoisotopic (exact) mass is 479 g/mol. The van der Waals surface area contributed by atoms with Crippen molar-refractivity contribution >= 4 is 45.7 Å². The molecule has 2 aromatic heterocycles. The molecular formula is C22H30ClN5O3S. The van der Waals surface area contributed by atoms with Gasteiger partial charge in [0.1, 0.15) is 5.82 Å². The number of ether oxygens (including phenoxy) is 1. The third-order valence-corrected chi connectivity index (χ3v) is 7.24. The number of aromatic nitrogens is 2. The number of morpholine rings is 1. The summed E-state index contributed by atoms with van der Waals surface area (Å²) >= 11 is 7.59. The fourth-order valence-electron chi connectivity index (χ4n) is 4.02. The lowest BCUT2D eigenvalue weighted by Crippen LogP contribution is -2.47. The molecule has 2 saturated heterocycles. The quantitative estimate of drug-likeness (QED) is 0.656. The molecule has 0 aromatic carbocycles. The van der Waals surface area contributed by atoms with Crippen LogP contribution >= 0.6 is 22.9 Å². The first-order valence-electron chi connectivity index (χ1n) is 10.9. The molecular weight excluding hydrogens is 450 g/mol. The molecule has 10 heteroatoms. The number of carbonyl (C=O) groups excluding carboxylic acids is 2. The van der Waals surface area contributed by atoms with Gasteiger partial charge in [-0.1, -0.05) is 32.4 Å². The van der Waals surface area contributed by atoms with Gasteiger partial charge in [-0.3, -0.25) is 4.79 Å². The minimum atomic E-state index is -0.583. The van der Waals surface area contributed by atoms with Crippen molar-refractivity contribution in [1.29, 1.82) is 0 Å². The Morgan fingerprint density at radius 3 is 2.53 bits per heavy atom. The smallest absolute Gasteiger partial charge is 0.320 e. The molecule has 32 heavy (non-hydrogen) atoms. The average Bonchev–Trinajstić information content (AvgIpc) is 3.51. The van der Waals surface area contributed by atoms with Crippen LogP contribution in [0.4, 0.5) is 15.6 Å². The second-order valence-corrected chi connectivity index (χ2v) is 11.0. The fraction of sp³-hybridized carbons (Fsp3) is 0.591. The van der Waals surface area contributed by atoms with E-state index in [-0.39, 0.29) is 17.9 Å². The van der Waals surface area contributed by atoms with Crippen molar-refractivity contribution in [2.75, 3.05) is 51.3 Å². The Balaban J connectivity index is 1.58. The molecule has 0 bridgehead atoms. The van der Waals surface area contributed by atoms with E-state index in [0.717, 1.165) is 17.1 Å². The highest BCUT2D eigenvalue weighted by Gasteiger charge is 2.34. The molecule has 0 spiro atoms. The van der Waals surface area contributed by atoms with E-state index in [4.69, 9.17) is 21.4 Å². The number of hydrogen-bond donors (Lipinski definition) is 0. The summed E-state index contributed by atoms with van der Waals surface area (Å²) in [7, 11) is 1.91. The van der Waals surface area contributed by atoms with E-state index in [0.29, 0.717) is 49.5 Å². The number of likely N-dealkylation sites (tertiary alicyclic amines) is 1. The highest BCUT2D eigenvalue weighted by Crippen LogP contribution is 2.36. The summed E-state index contributed by atoms with van der Waals surface area (Å²) in [6, 6.07) is 5.82. The standard InChI is InChI=1S/C22H30ClN5O3S/c1-22(2,3)20(29)28-18(25(4)19-6-5-17(23)32-19)13-16(24-28)15-7-8-27(14-15)21(30)26-9-11-31-12-10-26/h5-6,13,15H,7-12,14H2,1-4H3. The first kappa shape index (κ1) is 23.1. The fourth-order valence-corrected chi connectivity index (χ4v) is 5.03. The number of halogens is 1. The molecule has 2 aliphatic rings. The molecule has 0 aliphatic carbocycles. The van der Waals surface area contributed by atoms with Gasteiger partial charge in [-0.2, -0.15) is 9.78 Å². The zero-order valence-corrected chi connectivity index (χ0v) is 20.6. The number of nitrogens with zero attached hydrogens (tertiary/aromatic N) is 5. The lowest BCUT2D eigenvalue weighted by Gasteiger charge is -2.30. The Kier molecular flexibility index (Phi) is 6.51. The van der Waals surface area contributed by atoms with Crippen LogP contribution in [0, 0.1) is 5.41 Å². The maximum Gasteiger partial charge on any atom is 0.320 e. The summed E-state index contributed by atoms with van der Waals surface area (Å²) < 4.78 is 7.56. The maximum absolute atomic E-state index is 13.2. The van der Waals surface area contributed by atoms with Gasteiger partial charge in [-0.15, -0.1) is 11.3 Å². The predicted octanol–water partition coefficient (Wildman–Crippen LogP) is 4.29. The number of amides is 2. The molecule has 1 unspecified atom stereocenters. The maximum atomic E-state index is 13.2. The van der Waals surface area contributed by atoms with Crippen LogP contribution < -0.4 is 4.90 Å². The van der Waals surface area contributed by atoms with E-state index in [1.54, 1.807) is 0 Å². The molecule has 0 saturated carbocycles. The van der Waals surface area contributed by atoms with Crippen molar-refractivity contribution < 1.29 is 14.3 Å². The zero-order chi connectivity index (χ0) is 23.0. The summed E-state index contributed by atoms with van der Waals surface area (Å²) in [4.78, 5) is 31.8. The van der Waals surface area contributed by atoms with Crippen molar-refractivity contribution in [2.45, 2.75) is 33.1 Å². The van der Waals surface area contributed by atoms with Crippen molar-refractivity contribution in [3.8, 4) is 0 Å². The lowest BCUT2D eigenvalue weighted by molar-refractivity contribution is 0.0450. The normalized spacial score (nSPS) is 19.5. The van der Waals surface area contributed by atoms with Crippen LogP contribution in [0.15, 0.2) is 18.2 Å². The van der Waals surface area contributed by atoms with E-state index in [1.807, 2.05) is 60.7 Å². The van der Waals surface area contributed by atoms with Gasteiger partial charge in [-0.05, 0) is 18.6 Å². The van der Waals surface area contributed by atoms with Crippen LogP contribution in [-0.2, 0) is 4.74 Å². The van der Waals surface area contributed by atoms with Crippen molar-refractivity contribution in [3.05, 3.63) is 28.2 Å². The van der Waals surface area contributed by atoms with Gasteiger partial charge in [-0.25, -0.2) is 4.79 Å². The van der Waals surface area contributed by atoms with Gasteiger partial charge in [0.2, 0.25) is 0 Å². The summed E-state index contributed by atoms with van der Waals surface area (Å²) in [5.41, 5.74) is 0.254. The topological polar surface area (TPSA) is 70.9 Å². The van der Waals surface area contributed by atoms with Gasteiger partial charge < -0.3 is 19.4 Å². The van der Waals surface area contributed by atoms with Crippen LogP contribution in [0.1, 0.15) is 43.6 Å². The Bertz CT molecular complexity index is 992. The number of urea groups is 1. The second kappa shape index (κ2) is 9.03. The molecule has 2 aliphatic heterocycles. The average molecular weight is 480 g/mol. The Morgan fingerprint density at radius 2 is 1.91 bits per heavy atom. The van der Waals surface area contributed by atoms with E-state index in [2.05, 4.69) is 0 Å². The first-order valence-corrected chi connectivity index (χ1v) is 12.1. The molecule has 4 rings (SSSR count). The largest absolute Gasteiger partial charge is 0.378 e. The summed E-state index contributed by atoms with van der Waals surface area (Å²) in [6.07, 6.45) is 0.824. The molecule has 4 heterocycles. The van der Waals surface area contributed by atoms with Crippen LogP contribution in [0.2, 0.25) is 4.34 Å². The van der Waals surface area contributed by atoms with E-state index in [9.17, 15) is 9.59 Å². The molecule has 0 radical (unpaired) electrons. The Morgan fingerprint density at radius 1 is 1.19 bits per heavy atom. The molecule has 2 amide bonds. The summed E-state index contributed by atoms with van der Waals surface area (Å²) in [5, 5.41) is 5.67. The van der Waals surface area contributed by atoms with Crippen LogP contribution in [0.25, 0.3) is 0 Å². The van der Waals surface area contributed by atoms with Gasteiger partial charge in [0.15, 0.2) is 0 Å². The van der Waals surface area contributed by atoms with Crippen molar-refractivity contribution in [2.24, 2.45) is 5.41 Å². The highest BCUT2D eigenvalue weighted by atomic mass is 35.5. The Hall–Kier alpha value is -2.10. The minimum absolute atomic E-state index is 0.0616. The van der Waals surface area contributed by atoms with Crippen LogP contribution in [0.3, 0.4) is 0 Å². The van der Waals surface area contributed by atoms with E-state index < -0.39 is 5.41 Å². The molecule has 174 valence electrons. The van der Waals surface area contributed by atoms with Gasteiger partial charge >= 0.3 is 6.03 Å². The van der Waals surface area contributed by atoms with Crippen LogP contribution in [-0.4, -0.2) is 78.0 Å². The predicted molar refractivity (Wildman–Crippen MR) is 126 cm³/mol. The summed E-state index contributed by atoms with van der Waals surface area (Å²) in [6.45, 7) is 9.40. The number of anilines is 2. The minimum Gasteiger partial charge on any atom is -0.378 e. The van der Waals surface area contributed by atoms with Gasteiger partial charge in [0.05, 0.1) is 28.2 Å². The number of hydrogen-bond acceptors (Lipinski definition) is 6. The lowest BCUT2D eigenvalue weighted by atomic mass is 9.96. The third kappa shape index (κ3) is 4.65. The highest BCUT2D eigenvalue weighted by molar-refractivity contribution is 7.20. The van der Waals surface area contributed by atoms with Gasteiger partial charge in [0, 0.05) is 50.6 Å². The van der Waals surface area contributed by atoms with Gasteiger partial charge in [0.25, 0.3) is 5.91 Å². The Labute approximate surface area is 197 Å². The third-order valence-electron chi connectivity index (χ3n) is 5.94.